The molecule has 2 aromatic rings. The number of esters is 1. The summed E-state index contributed by atoms with van der Waals surface area (Å²) in [5.74, 6) is -1.48. The number of aromatic nitrogens is 2. The van der Waals surface area contributed by atoms with Crippen molar-refractivity contribution in [2.45, 2.75) is 20.0 Å². The number of methoxy groups -OCH3 is 1. The third-order valence-corrected chi connectivity index (χ3v) is 4.14. The minimum atomic E-state index is -0.951. The van der Waals surface area contributed by atoms with E-state index in [4.69, 9.17) is 21.1 Å². The van der Waals surface area contributed by atoms with E-state index in [2.05, 4.69) is 10.4 Å². The van der Waals surface area contributed by atoms with Crippen LogP contribution in [0.2, 0.25) is 5.15 Å². The van der Waals surface area contributed by atoms with Crippen LogP contribution in [-0.4, -0.2) is 48.0 Å². The van der Waals surface area contributed by atoms with E-state index in [0.29, 0.717) is 30.1 Å². The fourth-order valence-electron chi connectivity index (χ4n) is 2.29. The average Bonchev–Trinajstić information content (AvgIpc) is 2.94. The molecule has 9 heteroatoms. The summed E-state index contributed by atoms with van der Waals surface area (Å²) < 4.78 is 24.4. The lowest BCUT2D eigenvalue weighted by atomic mass is 10.2. The largest absolute Gasteiger partial charge is 0.449 e. The van der Waals surface area contributed by atoms with Gasteiger partial charge in [0.1, 0.15) is 11.0 Å². The number of nitrogens with one attached hydrogen (secondary N) is 1. The standard InChI is InChI=1S/C19H21ClFN3O4/c1-12-16(18(20)24(23-12)15-6-4-14(21)5-7-15)8-9-17(25)28-13(2)19(26)22-10-11-27-3/h4-9,13H,10-11H2,1-3H3,(H,22,26)/b9-8+/t13-/m0/s1. The van der Waals surface area contributed by atoms with Crippen molar-refractivity contribution in [3.63, 3.8) is 0 Å². The molecule has 0 unspecified atom stereocenters. The predicted octanol–water partition coefficient (Wildman–Crippen LogP) is 2.68. The maximum atomic E-state index is 13.1. The molecule has 0 radical (unpaired) electrons. The summed E-state index contributed by atoms with van der Waals surface area (Å²) in [6, 6.07) is 5.68. The van der Waals surface area contributed by atoms with Crippen molar-refractivity contribution >= 4 is 29.6 Å². The van der Waals surface area contributed by atoms with Gasteiger partial charge in [0, 0.05) is 25.3 Å². The minimum Gasteiger partial charge on any atom is -0.449 e. The lowest BCUT2D eigenvalue weighted by molar-refractivity contribution is -0.150. The van der Waals surface area contributed by atoms with Crippen molar-refractivity contribution in [2.75, 3.05) is 20.3 Å². The molecule has 1 N–H and O–H groups in total. The van der Waals surface area contributed by atoms with Gasteiger partial charge in [-0.05, 0) is 44.2 Å². The number of hydrogen-bond acceptors (Lipinski definition) is 5. The van der Waals surface area contributed by atoms with E-state index in [1.54, 1.807) is 19.1 Å². The van der Waals surface area contributed by atoms with Gasteiger partial charge in [0.25, 0.3) is 5.91 Å². The molecule has 0 aliphatic carbocycles. The third kappa shape index (κ3) is 5.64. The predicted molar refractivity (Wildman–Crippen MR) is 103 cm³/mol. The maximum absolute atomic E-state index is 13.1. The van der Waals surface area contributed by atoms with E-state index in [-0.39, 0.29) is 11.0 Å². The number of aryl methyl sites for hydroxylation is 1. The van der Waals surface area contributed by atoms with Crippen LogP contribution in [0.4, 0.5) is 4.39 Å². The Kier molecular flexibility index (Phi) is 7.71. The van der Waals surface area contributed by atoms with E-state index in [1.807, 2.05) is 0 Å². The summed E-state index contributed by atoms with van der Waals surface area (Å²) in [5, 5.41) is 7.14. The van der Waals surface area contributed by atoms with Gasteiger partial charge in [-0.2, -0.15) is 5.10 Å². The minimum absolute atomic E-state index is 0.263. The van der Waals surface area contributed by atoms with Crippen molar-refractivity contribution in [2.24, 2.45) is 0 Å². The quantitative estimate of drug-likeness (QED) is 0.412. The monoisotopic (exact) mass is 409 g/mol. The number of benzene rings is 1. The van der Waals surface area contributed by atoms with E-state index >= 15 is 0 Å². The number of rotatable bonds is 8. The van der Waals surface area contributed by atoms with Crippen LogP contribution >= 0.6 is 11.6 Å². The molecule has 0 saturated carbocycles. The smallest absolute Gasteiger partial charge is 0.331 e. The first-order valence-electron chi connectivity index (χ1n) is 8.50. The molecule has 7 nitrogen and oxygen atoms in total. The summed E-state index contributed by atoms with van der Waals surface area (Å²) in [4.78, 5) is 23.8. The van der Waals surface area contributed by atoms with Gasteiger partial charge in [0.15, 0.2) is 6.10 Å². The number of ether oxygens (including phenoxy) is 2. The van der Waals surface area contributed by atoms with E-state index in [0.717, 1.165) is 0 Å². The molecular formula is C19H21ClFN3O4. The highest BCUT2D eigenvalue weighted by molar-refractivity contribution is 6.31. The third-order valence-electron chi connectivity index (χ3n) is 3.77. The molecule has 0 saturated heterocycles. The summed E-state index contributed by atoms with van der Waals surface area (Å²) in [5.41, 5.74) is 1.67. The van der Waals surface area contributed by atoms with Gasteiger partial charge in [0.2, 0.25) is 0 Å². The highest BCUT2D eigenvalue weighted by Gasteiger charge is 2.17. The Morgan fingerprint density at radius 1 is 1.36 bits per heavy atom. The Balaban J connectivity index is 2.04. The molecule has 28 heavy (non-hydrogen) atoms. The second-order valence-electron chi connectivity index (χ2n) is 5.87. The van der Waals surface area contributed by atoms with Crippen LogP contribution in [-0.2, 0) is 19.1 Å². The van der Waals surface area contributed by atoms with Crippen molar-refractivity contribution < 1.29 is 23.5 Å². The van der Waals surface area contributed by atoms with Gasteiger partial charge >= 0.3 is 5.97 Å². The first-order chi connectivity index (χ1) is 13.3. The van der Waals surface area contributed by atoms with Gasteiger partial charge in [-0.3, -0.25) is 4.79 Å². The van der Waals surface area contributed by atoms with Crippen LogP contribution < -0.4 is 5.32 Å². The molecule has 150 valence electrons. The van der Waals surface area contributed by atoms with Crippen LogP contribution in [0.15, 0.2) is 30.3 Å². The number of carbonyl (C=O) groups is 2. The first kappa shape index (κ1) is 21.6. The van der Waals surface area contributed by atoms with Crippen molar-refractivity contribution in [1.82, 2.24) is 15.1 Å². The van der Waals surface area contributed by atoms with Gasteiger partial charge < -0.3 is 14.8 Å². The number of hydrogen-bond donors (Lipinski definition) is 1. The fraction of sp³-hybridized carbons (Fsp3) is 0.316. The zero-order valence-electron chi connectivity index (χ0n) is 15.7. The summed E-state index contributed by atoms with van der Waals surface area (Å²) in [7, 11) is 1.52. The van der Waals surface area contributed by atoms with Crippen molar-refractivity contribution in [3.05, 3.63) is 52.6 Å². The Morgan fingerprint density at radius 3 is 2.68 bits per heavy atom. The maximum Gasteiger partial charge on any atom is 0.331 e. The van der Waals surface area contributed by atoms with E-state index < -0.39 is 18.0 Å². The number of nitrogens with zero attached hydrogens (tertiary/aromatic N) is 2. The lowest BCUT2D eigenvalue weighted by Crippen LogP contribution is -2.37. The number of amides is 1. The molecule has 1 amide bonds. The average molecular weight is 410 g/mol. The molecular weight excluding hydrogens is 389 g/mol. The molecule has 1 atom stereocenters. The van der Waals surface area contributed by atoms with Crippen LogP contribution in [0.5, 0.6) is 0 Å². The summed E-state index contributed by atoms with van der Waals surface area (Å²) >= 11 is 6.34. The molecule has 1 aromatic heterocycles. The molecule has 2 rings (SSSR count). The second-order valence-corrected chi connectivity index (χ2v) is 6.23. The zero-order chi connectivity index (χ0) is 20.7. The Bertz CT molecular complexity index is 865. The summed E-state index contributed by atoms with van der Waals surface area (Å²) in [6.07, 6.45) is 1.68. The van der Waals surface area contributed by atoms with Crippen LogP contribution in [0.25, 0.3) is 11.8 Å². The van der Waals surface area contributed by atoms with Crippen molar-refractivity contribution in [3.8, 4) is 5.69 Å². The summed E-state index contributed by atoms with van der Waals surface area (Å²) in [6.45, 7) is 3.88. The molecule has 0 spiro atoms. The molecule has 0 aliphatic rings. The first-order valence-corrected chi connectivity index (χ1v) is 8.87. The topological polar surface area (TPSA) is 82.4 Å². The van der Waals surface area contributed by atoms with Crippen LogP contribution in [0.3, 0.4) is 0 Å². The van der Waals surface area contributed by atoms with Gasteiger partial charge in [-0.25, -0.2) is 13.9 Å². The fourth-order valence-corrected chi connectivity index (χ4v) is 2.63. The Morgan fingerprint density at radius 2 is 2.04 bits per heavy atom. The lowest BCUT2D eigenvalue weighted by Gasteiger charge is -2.11. The van der Waals surface area contributed by atoms with Crippen molar-refractivity contribution in [1.29, 1.82) is 0 Å². The van der Waals surface area contributed by atoms with E-state index in [9.17, 15) is 14.0 Å². The zero-order valence-corrected chi connectivity index (χ0v) is 16.5. The Labute approximate surface area is 167 Å². The normalized spacial score (nSPS) is 12.2. The van der Waals surface area contributed by atoms with Crippen LogP contribution in [0, 0.1) is 12.7 Å². The highest BCUT2D eigenvalue weighted by atomic mass is 35.5. The molecule has 1 heterocycles. The molecule has 0 fully saturated rings. The van der Waals surface area contributed by atoms with Crippen LogP contribution in [0.1, 0.15) is 18.2 Å². The molecule has 0 aliphatic heterocycles. The molecule has 1 aromatic carbocycles. The van der Waals surface area contributed by atoms with Gasteiger partial charge in [-0.1, -0.05) is 11.6 Å². The SMILES string of the molecule is COCCNC(=O)[C@H](C)OC(=O)/C=C/c1c(C)nn(-c2ccc(F)cc2)c1Cl. The van der Waals surface area contributed by atoms with Gasteiger partial charge in [0.05, 0.1) is 18.0 Å². The molecule has 0 bridgehead atoms. The highest BCUT2D eigenvalue weighted by Crippen LogP contribution is 2.24. The number of carbonyl (C=O) groups excluding carboxylic acids is 2. The Hall–Kier alpha value is -2.71. The van der Waals surface area contributed by atoms with Gasteiger partial charge in [-0.15, -0.1) is 0 Å². The number of halogens is 2. The second kappa shape index (κ2) is 10.0. The van der Waals surface area contributed by atoms with E-state index in [1.165, 1.54) is 43.0 Å².